The quantitative estimate of drug-likeness (QED) is 0.788. The molecule has 0 radical (unpaired) electrons. The fourth-order valence-corrected chi connectivity index (χ4v) is 4.74. The van der Waals surface area contributed by atoms with E-state index in [9.17, 15) is 8.42 Å². The Kier molecular flexibility index (Phi) is 4.38. The van der Waals surface area contributed by atoms with Crippen LogP contribution in [0.3, 0.4) is 0 Å². The molecule has 7 heteroatoms. The summed E-state index contributed by atoms with van der Waals surface area (Å²) in [4.78, 5) is 4.02. The number of hydrogen-bond acceptors (Lipinski definition) is 5. The van der Waals surface area contributed by atoms with E-state index in [1.807, 2.05) is 19.1 Å². The molecule has 0 bridgehead atoms. The van der Waals surface area contributed by atoms with Gasteiger partial charge in [-0.2, -0.15) is 4.31 Å². The van der Waals surface area contributed by atoms with Crippen LogP contribution in [0, 0.1) is 5.92 Å². The molecule has 0 N–H and O–H groups in total. The molecule has 0 aromatic carbocycles. The van der Waals surface area contributed by atoms with E-state index in [0.29, 0.717) is 32.7 Å². The summed E-state index contributed by atoms with van der Waals surface area (Å²) >= 11 is 0. The summed E-state index contributed by atoms with van der Waals surface area (Å²) in [6.45, 7) is 3.99. The second-order valence-corrected chi connectivity index (χ2v) is 8.07. The minimum Gasteiger partial charge on any atom is -0.492 e. The highest BCUT2D eigenvalue weighted by atomic mass is 32.2. The van der Waals surface area contributed by atoms with Crippen molar-refractivity contribution in [1.29, 1.82) is 0 Å². The first kappa shape index (κ1) is 15.7. The molecule has 22 heavy (non-hydrogen) atoms. The number of sulfonamides is 1. The normalized spacial score (nSPS) is 24.3. The van der Waals surface area contributed by atoms with Crippen LogP contribution in [-0.4, -0.2) is 55.4 Å². The largest absolute Gasteiger partial charge is 0.492 e. The van der Waals surface area contributed by atoms with Crippen molar-refractivity contribution in [2.45, 2.75) is 25.4 Å². The Morgan fingerprint density at radius 2 is 2.32 bits per heavy atom. The van der Waals surface area contributed by atoms with Gasteiger partial charge in [-0.25, -0.2) is 8.42 Å². The molecule has 2 aliphatic rings. The average molecular weight is 326 g/mol. The van der Waals surface area contributed by atoms with Crippen molar-refractivity contribution in [2.75, 3.05) is 32.1 Å². The zero-order chi connectivity index (χ0) is 15.6. The van der Waals surface area contributed by atoms with E-state index in [4.69, 9.17) is 9.47 Å². The highest BCUT2D eigenvalue weighted by molar-refractivity contribution is 7.89. The molecular formula is C15H22N2O4S. The second kappa shape index (κ2) is 6.14. The van der Waals surface area contributed by atoms with E-state index in [0.717, 1.165) is 12.2 Å². The highest BCUT2D eigenvalue weighted by Gasteiger charge is 2.56. The summed E-state index contributed by atoms with van der Waals surface area (Å²) < 4.78 is 37.3. The Balaban J connectivity index is 1.58. The molecule has 2 fully saturated rings. The van der Waals surface area contributed by atoms with Gasteiger partial charge in [0.05, 0.1) is 18.6 Å². The zero-order valence-electron chi connectivity index (χ0n) is 12.8. The molecular weight excluding hydrogens is 304 g/mol. The summed E-state index contributed by atoms with van der Waals surface area (Å²) in [6, 6.07) is 3.70. The van der Waals surface area contributed by atoms with Crippen molar-refractivity contribution in [1.82, 2.24) is 9.29 Å². The number of pyridine rings is 1. The number of nitrogens with zero attached hydrogens (tertiary/aromatic N) is 2. The summed E-state index contributed by atoms with van der Waals surface area (Å²) in [5.74, 6) is 1.17. The van der Waals surface area contributed by atoms with Crippen molar-refractivity contribution in [3.63, 3.8) is 0 Å². The van der Waals surface area contributed by atoms with Crippen LogP contribution in [0.1, 0.15) is 19.8 Å². The van der Waals surface area contributed by atoms with Crippen LogP contribution in [-0.2, 0) is 14.8 Å². The van der Waals surface area contributed by atoms with Gasteiger partial charge in [0.25, 0.3) is 0 Å². The second-order valence-electron chi connectivity index (χ2n) is 5.98. The standard InChI is InChI=1S/C15H22N2O4S/c1-2-8-22(18,19)17-11-15(12-17)13(5-7-21-15)10-20-14-4-3-6-16-9-14/h3-4,6,9,13H,2,5,7-8,10-12H2,1H3. The molecule has 0 amide bonds. The SMILES string of the molecule is CCCS(=O)(=O)N1CC2(C1)OCCC2COc1cccnc1. The molecule has 6 nitrogen and oxygen atoms in total. The molecule has 2 aliphatic heterocycles. The Morgan fingerprint density at radius 3 is 3.00 bits per heavy atom. The monoisotopic (exact) mass is 326 g/mol. The Bertz CT molecular complexity index is 599. The lowest BCUT2D eigenvalue weighted by molar-refractivity contribution is -0.107. The lowest BCUT2D eigenvalue weighted by Crippen LogP contribution is -2.66. The van der Waals surface area contributed by atoms with Gasteiger partial charge >= 0.3 is 0 Å². The molecule has 0 aliphatic carbocycles. The lowest BCUT2D eigenvalue weighted by Gasteiger charge is -2.49. The predicted molar refractivity (Wildman–Crippen MR) is 82.2 cm³/mol. The Morgan fingerprint density at radius 1 is 1.50 bits per heavy atom. The van der Waals surface area contributed by atoms with Crippen LogP contribution in [0.2, 0.25) is 0 Å². The van der Waals surface area contributed by atoms with E-state index in [1.54, 1.807) is 16.7 Å². The third-order valence-corrected chi connectivity index (χ3v) is 6.40. The van der Waals surface area contributed by atoms with Gasteiger partial charge in [0.15, 0.2) is 0 Å². The first-order valence-corrected chi connectivity index (χ1v) is 9.31. The first-order chi connectivity index (χ1) is 10.6. The smallest absolute Gasteiger partial charge is 0.214 e. The van der Waals surface area contributed by atoms with Gasteiger partial charge in [0.2, 0.25) is 10.0 Å². The first-order valence-electron chi connectivity index (χ1n) is 7.70. The van der Waals surface area contributed by atoms with Crippen LogP contribution >= 0.6 is 0 Å². The molecule has 1 aromatic rings. The fourth-order valence-electron chi connectivity index (χ4n) is 3.13. The van der Waals surface area contributed by atoms with Gasteiger partial charge in [-0.3, -0.25) is 4.98 Å². The van der Waals surface area contributed by atoms with Gasteiger partial charge < -0.3 is 9.47 Å². The number of hydrogen-bond donors (Lipinski definition) is 0. The number of ether oxygens (including phenoxy) is 2. The van der Waals surface area contributed by atoms with Crippen molar-refractivity contribution in [3.8, 4) is 5.75 Å². The average Bonchev–Trinajstić information content (AvgIpc) is 2.88. The molecule has 1 aromatic heterocycles. The Labute approximate surface area is 131 Å². The molecule has 1 atom stereocenters. The highest BCUT2D eigenvalue weighted by Crippen LogP contribution is 2.41. The van der Waals surface area contributed by atoms with Gasteiger partial charge in [-0.15, -0.1) is 0 Å². The minimum atomic E-state index is -3.13. The zero-order valence-corrected chi connectivity index (χ0v) is 13.6. The van der Waals surface area contributed by atoms with Gasteiger partial charge in [-0.05, 0) is 25.0 Å². The third kappa shape index (κ3) is 2.98. The number of rotatable bonds is 6. The molecule has 3 rings (SSSR count). The molecule has 1 spiro atoms. The van der Waals surface area contributed by atoms with Crippen LogP contribution in [0.5, 0.6) is 5.75 Å². The summed E-state index contributed by atoms with van der Waals surface area (Å²) in [5.41, 5.74) is -0.358. The van der Waals surface area contributed by atoms with Crippen LogP contribution in [0.15, 0.2) is 24.5 Å². The summed E-state index contributed by atoms with van der Waals surface area (Å²) in [5, 5.41) is 0. The molecule has 3 heterocycles. The van der Waals surface area contributed by atoms with E-state index < -0.39 is 10.0 Å². The molecule has 122 valence electrons. The van der Waals surface area contributed by atoms with Crippen LogP contribution < -0.4 is 4.74 Å². The maximum atomic E-state index is 12.1. The lowest BCUT2D eigenvalue weighted by atomic mass is 9.83. The summed E-state index contributed by atoms with van der Waals surface area (Å²) in [7, 11) is -3.13. The number of aromatic nitrogens is 1. The van der Waals surface area contributed by atoms with E-state index in [-0.39, 0.29) is 17.3 Å². The molecule has 2 saturated heterocycles. The third-order valence-electron chi connectivity index (χ3n) is 4.43. The topological polar surface area (TPSA) is 68.7 Å². The van der Waals surface area contributed by atoms with Crippen LogP contribution in [0.25, 0.3) is 0 Å². The maximum absolute atomic E-state index is 12.1. The van der Waals surface area contributed by atoms with E-state index >= 15 is 0 Å². The van der Waals surface area contributed by atoms with Gasteiger partial charge in [0.1, 0.15) is 11.4 Å². The van der Waals surface area contributed by atoms with Crippen molar-refractivity contribution >= 4 is 10.0 Å². The maximum Gasteiger partial charge on any atom is 0.214 e. The van der Waals surface area contributed by atoms with Gasteiger partial charge in [0, 0.05) is 31.8 Å². The fraction of sp³-hybridized carbons (Fsp3) is 0.667. The Hall–Kier alpha value is -1.18. The van der Waals surface area contributed by atoms with Crippen molar-refractivity contribution in [3.05, 3.63) is 24.5 Å². The minimum absolute atomic E-state index is 0.208. The van der Waals surface area contributed by atoms with Crippen molar-refractivity contribution in [2.24, 2.45) is 5.92 Å². The van der Waals surface area contributed by atoms with Crippen LogP contribution in [0.4, 0.5) is 0 Å². The molecule has 1 unspecified atom stereocenters. The predicted octanol–water partition coefficient (Wildman–Crippen LogP) is 1.29. The van der Waals surface area contributed by atoms with Crippen molar-refractivity contribution < 1.29 is 17.9 Å². The van der Waals surface area contributed by atoms with Gasteiger partial charge in [-0.1, -0.05) is 6.92 Å². The van der Waals surface area contributed by atoms with E-state index in [2.05, 4.69) is 4.98 Å². The molecule has 0 saturated carbocycles. The van der Waals surface area contributed by atoms with E-state index in [1.165, 1.54) is 0 Å². The summed E-state index contributed by atoms with van der Waals surface area (Å²) in [6.07, 6.45) is 4.93.